The van der Waals surface area contributed by atoms with Crippen LogP contribution >= 0.6 is 0 Å². The maximum absolute atomic E-state index is 4.22. The van der Waals surface area contributed by atoms with Crippen molar-refractivity contribution in [2.24, 2.45) is 0 Å². The van der Waals surface area contributed by atoms with Crippen molar-refractivity contribution in [2.75, 3.05) is 39.3 Å². The number of piperazine rings is 1. The molecular weight excluding hydrogens is 264 g/mol. The van der Waals surface area contributed by atoms with Gasteiger partial charge in [0, 0.05) is 51.5 Å². The molecule has 1 N–H and O–H groups in total. The second-order valence-electron chi connectivity index (χ2n) is 6.26. The zero-order chi connectivity index (χ0) is 14.5. The van der Waals surface area contributed by atoms with E-state index >= 15 is 0 Å². The molecule has 2 aliphatic rings. The van der Waals surface area contributed by atoms with Crippen molar-refractivity contribution >= 4 is 0 Å². The van der Waals surface area contributed by atoms with E-state index in [0.29, 0.717) is 0 Å². The van der Waals surface area contributed by atoms with E-state index in [1.807, 2.05) is 4.68 Å². The minimum Gasteiger partial charge on any atom is -0.311 e. The maximum Gasteiger partial charge on any atom is 0.0964 e. The van der Waals surface area contributed by atoms with Crippen molar-refractivity contribution in [2.45, 2.75) is 45.3 Å². The van der Waals surface area contributed by atoms with Crippen LogP contribution in [0.3, 0.4) is 0 Å². The zero-order valence-electron chi connectivity index (χ0n) is 13.2. The van der Waals surface area contributed by atoms with Crippen LogP contribution in [0.2, 0.25) is 0 Å². The molecule has 1 aromatic heterocycles. The topological polar surface area (TPSA) is 49.2 Å². The molecule has 1 aliphatic heterocycles. The summed E-state index contributed by atoms with van der Waals surface area (Å²) in [6.45, 7) is 11.0. The van der Waals surface area contributed by atoms with Crippen molar-refractivity contribution in [1.29, 1.82) is 0 Å². The van der Waals surface area contributed by atoms with E-state index in [-0.39, 0.29) is 0 Å². The Hall–Kier alpha value is -0.980. The largest absolute Gasteiger partial charge is 0.311 e. The molecule has 1 saturated heterocycles. The molecule has 1 aromatic rings. The highest BCUT2D eigenvalue weighted by Crippen LogP contribution is 2.27. The van der Waals surface area contributed by atoms with Crippen LogP contribution < -0.4 is 5.32 Å². The van der Waals surface area contributed by atoms with E-state index in [1.165, 1.54) is 39.0 Å². The summed E-state index contributed by atoms with van der Waals surface area (Å²) in [5, 5.41) is 11.8. The Labute approximate surface area is 127 Å². The fourth-order valence-electron chi connectivity index (χ4n) is 2.96. The van der Waals surface area contributed by atoms with Gasteiger partial charge < -0.3 is 5.32 Å². The van der Waals surface area contributed by atoms with Crippen LogP contribution in [0.15, 0.2) is 6.20 Å². The monoisotopic (exact) mass is 292 g/mol. The summed E-state index contributed by atoms with van der Waals surface area (Å²) in [5.74, 6) is 0. The second kappa shape index (κ2) is 7.33. The van der Waals surface area contributed by atoms with E-state index in [0.717, 1.165) is 44.3 Å². The Morgan fingerprint density at radius 2 is 2.00 bits per heavy atom. The molecule has 0 unspecified atom stereocenters. The summed E-state index contributed by atoms with van der Waals surface area (Å²) in [5.41, 5.74) is 1.04. The van der Waals surface area contributed by atoms with Gasteiger partial charge in [0.1, 0.15) is 0 Å². The van der Waals surface area contributed by atoms with Crippen molar-refractivity contribution < 1.29 is 0 Å². The third kappa shape index (κ3) is 4.49. The molecular formula is C15H28N6. The lowest BCUT2D eigenvalue weighted by Gasteiger charge is -2.34. The standard InChI is InChI=1S/C15H28N6/c1-2-5-16-12-14-13-21(18-17-14)11-8-19-6-9-20(10-7-19)15-3-4-15/h13,15-16H,2-12H2,1H3. The van der Waals surface area contributed by atoms with E-state index in [9.17, 15) is 0 Å². The lowest BCUT2D eigenvalue weighted by atomic mass is 10.3. The molecule has 3 rings (SSSR count). The molecule has 6 heteroatoms. The molecule has 6 nitrogen and oxygen atoms in total. The van der Waals surface area contributed by atoms with Crippen LogP contribution in [-0.2, 0) is 13.1 Å². The van der Waals surface area contributed by atoms with Gasteiger partial charge >= 0.3 is 0 Å². The van der Waals surface area contributed by atoms with Crippen molar-refractivity contribution in [1.82, 2.24) is 30.1 Å². The van der Waals surface area contributed by atoms with E-state index in [1.54, 1.807) is 0 Å². The van der Waals surface area contributed by atoms with Gasteiger partial charge in [-0.25, -0.2) is 0 Å². The van der Waals surface area contributed by atoms with Gasteiger partial charge in [-0.15, -0.1) is 5.10 Å². The molecule has 118 valence electrons. The Morgan fingerprint density at radius 3 is 2.71 bits per heavy atom. The van der Waals surface area contributed by atoms with Gasteiger partial charge in [0.15, 0.2) is 0 Å². The van der Waals surface area contributed by atoms with Crippen molar-refractivity contribution in [3.8, 4) is 0 Å². The number of hydrogen-bond donors (Lipinski definition) is 1. The minimum absolute atomic E-state index is 0.827. The molecule has 2 fully saturated rings. The van der Waals surface area contributed by atoms with Gasteiger partial charge in [0.2, 0.25) is 0 Å². The van der Waals surface area contributed by atoms with E-state index in [4.69, 9.17) is 0 Å². The van der Waals surface area contributed by atoms with Crippen LogP contribution in [0.25, 0.3) is 0 Å². The zero-order valence-corrected chi connectivity index (χ0v) is 13.2. The third-order valence-electron chi connectivity index (χ3n) is 4.43. The summed E-state index contributed by atoms with van der Waals surface area (Å²) in [7, 11) is 0. The third-order valence-corrected chi connectivity index (χ3v) is 4.43. The summed E-state index contributed by atoms with van der Waals surface area (Å²) in [6, 6.07) is 0.917. The van der Waals surface area contributed by atoms with Gasteiger partial charge in [-0.05, 0) is 25.8 Å². The first kappa shape index (κ1) is 14.9. The van der Waals surface area contributed by atoms with Crippen LogP contribution in [-0.4, -0.2) is 70.1 Å². The SMILES string of the molecule is CCCNCc1cn(CCN2CCN(C3CC3)CC2)nn1. The molecule has 0 spiro atoms. The molecule has 2 heterocycles. The maximum atomic E-state index is 4.22. The van der Waals surface area contributed by atoms with E-state index < -0.39 is 0 Å². The first-order valence-corrected chi connectivity index (χ1v) is 8.41. The lowest BCUT2D eigenvalue weighted by Crippen LogP contribution is -2.47. The average Bonchev–Trinajstić information content (AvgIpc) is 3.27. The Bertz CT molecular complexity index is 420. The highest BCUT2D eigenvalue weighted by atomic mass is 15.4. The number of nitrogens with zero attached hydrogens (tertiary/aromatic N) is 5. The van der Waals surface area contributed by atoms with Gasteiger partial charge in [-0.1, -0.05) is 12.1 Å². The summed E-state index contributed by atoms with van der Waals surface area (Å²) >= 11 is 0. The number of nitrogens with one attached hydrogen (secondary N) is 1. The number of rotatable bonds is 8. The smallest absolute Gasteiger partial charge is 0.0964 e. The van der Waals surface area contributed by atoms with Crippen molar-refractivity contribution in [3.63, 3.8) is 0 Å². The number of aromatic nitrogens is 3. The van der Waals surface area contributed by atoms with Gasteiger partial charge in [0.25, 0.3) is 0 Å². The molecule has 0 bridgehead atoms. The normalized spacial score (nSPS) is 21.0. The Balaban J connectivity index is 1.35. The molecule has 0 atom stereocenters. The Morgan fingerprint density at radius 1 is 1.19 bits per heavy atom. The van der Waals surface area contributed by atoms with Crippen LogP contribution in [0.4, 0.5) is 0 Å². The van der Waals surface area contributed by atoms with Gasteiger partial charge in [-0.2, -0.15) is 0 Å². The molecule has 21 heavy (non-hydrogen) atoms. The van der Waals surface area contributed by atoms with Crippen LogP contribution in [0.1, 0.15) is 31.9 Å². The highest BCUT2D eigenvalue weighted by Gasteiger charge is 2.30. The fraction of sp³-hybridized carbons (Fsp3) is 0.867. The second-order valence-corrected chi connectivity index (χ2v) is 6.26. The Kier molecular flexibility index (Phi) is 5.22. The first-order valence-electron chi connectivity index (χ1n) is 8.41. The fourth-order valence-corrected chi connectivity index (χ4v) is 2.96. The molecule has 0 radical (unpaired) electrons. The summed E-state index contributed by atoms with van der Waals surface area (Å²) in [6.07, 6.45) is 6.08. The molecule has 1 aliphatic carbocycles. The van der Waals surface area contributed by atoms with Gasteiger partial charge in [-0.3, -0.25) is 14.5 Å². The predicted octanol–water partition coefficient (Wildman–Crippen LogP) is 0.558. The molecule has 1 saturated carbocycles. The highest BCUT2D eigenvalue weighted by molar-refractivity contribution is 4.91. The minimum atomic E-state index is 0.827. The van der Waals surface area contributed by atoms with Crippen molar-refractivity contribution in [3.05, 3.63) is 11.9 Å². The van der Waals surface area contributed by atoms with Gasteiger partial charge in [0.05, 0.1) is 12.2 Å². The van der Waals surface area contributed by atoms with Crippen LogP contribution in [0.5, 0.6) is 0 Å². The van der Waals surface area contributed by atoms with E-state index in [2.05, 4.69) is 38.5 Å². The molecule has 0 amide bonds. The first-order chi connectivity index (χ1) is 10.3. The van der Waals surface area contributed by atoms with Crippen LogP contribution in [0, 0.1) is 0 Å². The predicted molar refractivity (Wildman–Crippen MR) is 83.1 cm³/mol. The number of hydrogen-bond acceptors (Lipinski definition) is 5. The molecule has 0 aromatic carbocycles. The average molecular weight is 292 g/mol. The summed E-state index contributed by atoms with van der Waals surface area (Å²) in [4.78, 5) is 5.21. The quantitative estimate of drug-likeness (QED) is 0.710. The lowest BCUT2D eigenvalue weighted by molar-refractivity contribution is 0.122. The summed E-state index contributed by atoms with van der Waals surface area (Å²) < 4.78 is 1.98.